The Balaban J connectivity index is 1.85. The Kier molecular flexibility index (Phi) is 4.16. The minimum atomic E-state index is -0.471. The van der Waals surface area contributed by atoms with Crippen LogP contribution >= 0.6 is 0 Å². The number of nitrogens with zero attached hydrogens (tertiary/aromatic N) is 1. The van der Waals surface area contributed by atoms with Crippen molar-refractivity contribution in [1.82, 2.24) is 5.43 Å². The highest BCUT2D eigenvalue weighted by molar-refractivity contribution is 6.05. The molecule has 0 aliphatic heterocycles. The molecule has 0 atom stereocenters. The summed E-state index contributed by atoms with van der Waals surface area (Å²) >= 11 is 0. The third kappa shape index (κ3) is 3.05. The molecule has 3 rings (SSSR count). The topological polar surface area (TPSA) is 87.7 Å². The van der Waals surface area contributed by atoms with Crippen molar-refractivity contribution in [3.63, 3.8) is 0 Å². The minimum absolute atomic E-state index is 0.0533. The van der Waals surface area contributed by atoms with Gasteiger partial charge in [0.1, 0.15) is 5.75 Å². The predicted octanol–water partition coefficient (Wildman–Crippen LogP) is 3.28. The van der Waals surface area contributed by atoms with Gasteiger partial charge in [-0.2, -0.15) is 5.10 Å². The number of nitrogen functional groups attached to an aromatic ring is 1. The summed E-state index contributed by atoms with van der Waals surface area (Å²) in [5.41, 5.74) is 10.5. The molecular formula is C19H17N3O2. The molecular weight excluding hydrogens is 302 g/mol. The van der Waals surface area contributed by atoms with Crippen LogP contribution in [0.15, 0.2) is 65.8 Å². The number of benzene rings is 3. The van der Waals surface area contributed by atoms with Crippen LogP contribution in [-0.4, -0.2) is 16.7 Å². The van der Waals surface area contributed by atoms with Gasteiger partial charge >= 0.3 is 0 Å². The van der Waals surface area contributed by atoms with Gasteiger partial charge in [0, 0.05) is 11.1 Å². The minimum Gasteiger partial charge on any atom is -0.506 e. The number of hydrogen-bond donors (Lipinski definition) is 3. The number of phenolic OH excluding ortho intramolecular Hbond substituents is 1. The second-order valence-electron chi connectivity index (χ2n) is 5.45. The molecule has 0 saturated heterocycles. The molecule has 1 amide bonds. The number of nitrogens with one attached hydrogen (secondary N) is 1. The Morgan fingerprint density at radius 2 is 1.88 bits per heavy atom. The van der Waals surface area contributed by atoms with Gasteiger partial charge in [-0.05, 0) is 36.1 Å². The van der Waals surface area contributed by atoms with Crippen LogP contribution in [0.25, 0.3) is 10.8 Å². The summed E-state index contributed by atoms with van der Waals surface area (Å²) in [7, 11) is 0. The van der Waals surface area contributed by atoms with Crippen molar-refractivity contribution < 1.29 is 9.90 Å². The van der Waals surface area contributed by atoms with E-state index in [-0.39, 0.29) is 11.3 Å². The van der Waals surface area contributed by atoms with Crippen LogP contribution in [-0.2, 0) is 0 Å². The molecule has 0 aliphatic rings. The number of fused-ring (bicyclic) bond motifs is 1. The number of phenols is 1. The number of rotatable bonds is 3. The maximum Gasteiger partial charge on any atom is 0.275 e. The van der Waals surface area contributed by atoms with Crippen LogP contribution < -0.4 is 11.2 Å². The van der Waals surface area contributed by atoms with Gasteiger partial charge in [0.25, 0.3) is 5.91 Å². The zero-order valence-corrected chi connectivity index (χ0v) is 13.2. The number of carbonyl (C=O) groups is 1. The number of hydrogen-bond acceptors (Lipinski definition) is 4. The van der Waals surface area contributed by atoms with Crippen molar-refractivity contribution in [1.29, 1.82) is 0 Å². The van der Waals surface area contributed by atoms with Crippen LogP contribution in [0, 0.1) is 0 Å². The highest BCUT2D eigenvalue weighted by Crippen LogP contribution is 2.28. The quantitative estimate of drug-likeness (QED) is 0.393. The molecule has 120 valence electrons. The Labute approximate surface area is 139 Å². The second-order valence-corrected chi connectivity index (χ2v) is 5.45. The molecule has 3 aromatic rings. The lowest BCUT2D eigenvalue weighted by atomic mass is 10.1. The SMILES string of the molecule is C/C(=N\NC(=O)c1ccc2ccccc2c1O)c1cccc(N)c1. The summed E-state index contributed by atoms with van der Waals surface area (Å²) in [6.07, 6.45) is 0. The Morgan fingerprint density at radius 3 is 2.67 bits per heavy atom. The van der Waals surface area contributed by atoms with E-state index in [0.29, 0.717) is 16.8 Å². The highest BCUT2D eigenvalue weighted by atomic mass is 16.3. The third-order valence-corrected chi connectivity index (χ3v) is 3.77. The number of aromatic hydroxyl groups is 1. The summed E-state index contributed by atoms with van der Waals surface area (Å²) < 4.78 is 0. The molecule has 0 aliphatic carbocycles. The molecule has 0 heterocycles. The van der Waals surface area contributed by atoms with Gasteiger partial charge in [-0.3, -0.25) is 4.79 Å². The number of anilines is 1. The molecule has 0 fully saturated rings. The molecule has 4 N–H and O–H groups in total. The third-order valence-electron chi connectivity index (χ3n) is 3.77. The zero-order chi connectivity index (χ0) is 17.1. The van der Waals surface area contributed by atoms with Crippen LogP contribution in [0.2, 0.25) is 0 Å². The maximum atomic E-state index is 12.3. The molecule has 0 radical (unpaired) electrons. The Morgan fingerprint density at radius 1 is 1.08 bits per heavy atom. The molecule has 0 spiro atoms. The van der Waals surface area contributed by atoms with Gasteiger partial charge in [-0.25, -0.2) is 5.43 Å². The summed E-state index contributed by atoms with van der Waals surface area (Å²) in [6, 6.07) is 17.9. The lowest BCUT2D eigenvalue weighted by Crippen LogP contribution is -2.19. The van der Waals surface area contributed by atoms with Crippen LogP contribution in [0.4, 0.5) is 5.69 Å². The Hall–Kier alpha value is -3.34. The highest BCUT2D eigenvalue weighted by Gasteiger charge is 2.13. The lowest BCUT2D eigenvalue weighted by Gasteiger charge is -2.07. The predicted molar refractivity (Wildman–Crippen MR) is 96.1 cm³/mol. The fourth-order valence-electron chi connectivity index (χ4n) is 2.46. The monoisotopic (exact) mass is 319 g/mol. The van der Waals surface area contributed by atoms with Gasteiger partial charge in [0.15, 0.2) is 0 Å². The van der Waals surface area contributed by atoms with Crippen molar-refractivity contribution in [2.24, 2.45) is 5.10 Å². The average molecular weight is 319 g/mol. The summed E-state index contributed by atoms with van der Waals surface area (Å²) in [4.78, 5) is 12.3. The number of carbonyl (C=O) groups excluding carboxylic acids is 1. The standard InChI is InChI=1S/C19H17N3O2/c1-12(14-6-4-7-15(20)11-14)21-22-19(24)17-10-9-13-5-2-3-8-16(13)18(17)23/h2-11,23H,20H2,1H3,(H,22,24)/b21-12+. The average Bonchev–Trinajstić information content (AvgIpc) is 2.60. The second kappa shape index (κ2) is 6.42. The van der Waals surface area contributed by atoms with E-state index in [1.807, 2.05) is 30.3 Å². The molecule has 0 aromatic heterocycles. The van der Waals surface area contributed by atoms with Crippen molar-refractivity contribution in [3.8, 4) is 5.75 Å². The van der Waals surface area contributed by atoms with Gasteiger partial charge in [-0.15, -0.1) is 0 Å². The molecule has 3 aromatic carbocycles. The van der Waals surface area contributed by atoms with Crippen LogP contribution in [0.1, 0.15) is 22.8 Å². The molecule has 0 saturated carbocycles. The first kappa shape index (κ1) is 15.6. The molecule has 0 unspecified atom stereocenters. The molecule has 5 heteroatoms. The summed E-state index contributed by atoms with van der Waals surface area (Å²) in [6.45, 7) is 1.77. The van der Waals surface area contributed by atoms with Crippen LogP contribution in [0.5, 0.6) is 5.75 Å². The van der Waals surface area contributed by atoms with Gasteiger partial charge in [0.2, 0.25) is 0 Å². The molecule has 24 heavy (non-hydrogen) atoms. The van der Waals surface area contributed by atoms with E-state index in [2.05, 4.69) is 10.5 Å². The van der Waals surface area contributed by atoms with E-state index in [0.717, 1.165) is 10.9 Å². The van der Waals surface area contributed by atoms with Crippen LogP contribution in [0.3, 0.4) is 0 Å². The summed E-state index contributed by atoms with van der Waals surface area (Å²) in [5, 5.41) is 15.9. The normalized spacial score (nSPS) is 11.5. The fraction of sp³-hybridized carbons (Fsp3) is 0.0526. The first-order valence-electron chi connectivity index (χ1n) is 7.47. The number of amides is 1. The van der Waals surface area contributed by atoms with E-state index < -0.39 is 5.91 Å². The Bertz CT molecular complexity index is 948. The van der Waals surface area contributed by atoms with E-state index >= 15 is 0 Å². The first-order valence-corrected chi connectivity index (χ1v) is 7.47. The zero-order valence-electron chi connectivity index (χ0n) is 13.2. The van der Waals surface area contributed by atoms with E-state index in [4.69, 9.17) is 5.73 Å². The van der Waals surface area contributed by atoms with Crippen molar-refractivity contribution in [2.45, 2.75) is 6.92 Å². The van der Waals surface area contributed by atoms with E-state index in [9.17, 15) is 9.90 Å². The molecule has 0 bridgehead atoms. The lowest BCUT2D eigenvalue weighted by molar-refractivity contribution is 0.0952. The van der Waals surface area contributed by atoms with Gasteiger partial charge in [-0.1, -0.05) is 42.5 Å². The largest absolute Gasteiger partial charge is 0.506 e. The molecule has 5 nitrogen and oxygen atoms in total. The van der Waals surface area contributed by atoms with Crippen molar-refractivity contribution in [3.05, 3.63) is 71.8 Å². The van der Waals surface area contributed by atoms with E-state index in [1.54, 1.807) is 37.3 Å². The number of nitrogens with two attached hydrogens (primary N) is 1. The van der Waals surface area contributed by atoms with Gasteiger partial charge < -0.3 is 10.8 Å². The van der Waals surface area contributed by atoms with Crippen molar-refractivity contribution in [2.75, 3.05) is 5.73 Å². The number of hydrazone groups is 1. The van der Waals surface area contributed by atoms with Crippen molar-refractivity contribution >= 4 is 28.1 Å². The smallest absolute Gasteiger partial charge is 0.275 e. The first-order chi connectivity index (χ1) is 11.6. The fourth-order valence-corrected chi connectivity index (χ4v) is 2.46. The van der Waals surface area contributed by atoms with E-state index in [1.165, 1.54) is 0 Å². The van der Waals surface area contributed by atoms with Gasteiger partial charge in [0.05, 0.1) is 11.3 Å². The maximum absolute atomic E-state index is 12.3. The summed E-state index contributed by atoms with van der Waals surface area (Å²) in [5.74, 6) is -0.524.